The van der Waals surface area contributed by atoms with Gasteiger partial charge in [0.05, 0.1) is 11.0 Å². The number of hydrogen-bond donors (Lipinski definition) is 1. The van der Waals surface area contributed by atoms with Gasteiger partial charge in [-0.05, 0) is 29.5 Å². The van der Waals surface area contributed by atoms with Crippen LogP contribution in [0.2, 0.25) is 0 Å². The van der Waals surface area contributed by atoms with Crippen LogP contribution in [0.1, 0.15) is 29.5 Å². The largest absolute Gasteiger partial charge is 0.378 e. The summed E-state index contributed by atoms with van der Waals surface area (Å²) in [5.74, 6) is 0.897. The van der Waals surface area contributed by atoms with Crippen LogP contribution in [-0.4, -0.2) is 4.92 Å². The molecule has 1 heterocycles. The molecule has 0 radical (unpaired) electrons. The third-order valence-electron chi connectivity index (χ3n) is 4.74. The second kappa shape index (κ2) is 4.98. The number of nitro groups is 1. The third-order valence-corrected chi connectivity index (χ3v) is 4.74. The third kappa shape index (κ3) is 1.99. The minimum absolute atomic E-state index is 0.140. The second-order valence-corrected chi connectivity index (χ2v) is 5.91. The summed E-state index contributed by atoms with van der Waals surface area (Å²) < 4.78 is 0. The van der Waals surface area contributed by atoms with Crippen LogP contribution in [0.3, 0.4) is 0 Å². The summed E-state index contributed by atoms with van der Waals surface area (Å²) in [5, 5.41) is 14.4. The van der Waals surface area contributed by atoms with Gasteiger partial charge in [0.2, 0.25) is 0 Å². The lowest BCUT2D eigenvalue weighted by Crippen LogP contribution is -2.28. The fourth-order valence-corrected chi connectivity index (χ4v) is 3.68. The Bertz CT molecular complexity index is 752. The van der Waals surface area contributed by atoms with E-state index in [-0.39, 0.29) is 16.7 Å². The molecule has 110 valence electrons. The van der Waals surface area contributed by atoms with Crippen molar-refractivity contribution < 1.29 is 4.92 Å². The zero-order valence-corrected chi connectivity index (χ0v) is 12.0. The average molecular weight is 292 g/mol. The number of nitro benzene ring substituents is 1. The van der Waals surface area contributed by atoms with Gasteiger partial charge in [0.15, 0.2) is 0 Å². The van der Waals surface area contributed by atoms with E-state index < -0.39 is 0 Å². The van der Waals surface area contributed by atoms with Gasteiger partial charge < -0.3 is 5.32 Å². The molecule has 4 rings (SSSR count). The lowest BCUT2D eigenvalue weighted by molar-refractivity contribution is -0.384. The number of allylic oxidation sites excluding steroid dienone is 2. The van der Waals surface area contributed by atoms with Gasteiger partial charge in [0.25, 0.3) is 5.69 Å². The number of non-ortho nitro benzene ring substituents is 1. The Morgan fingerprint density at radius 3 is 2.64 bits per heavy atom. The summed E-state index contributed by atoms with van der Waals surface area (Å²) in [5.41, 5.74) is 3.76. The van der Waals surface area contributed by atoms with E-state index in [1.54, 1.807) is 12.1 Å². The van der Waals surface area contributed by atoms with Crippen LogP contribution in [0.25, 0.3) is 0 Å². The van der Waals surface area contributed by atoms with E-state index in [1.165, 1.54) is 11.3 Å². The monoisotopic (exact) mass is 292 g/mol. The first-order chi connectivity index (χ1) is 10.7. The highest BCUT2D eigenvalue weighted by Gasteiger charge is 2.37. The van der Waals surface area contributed by atoms with Crippen molar-refractivity contribution in [3.63, 3.8) is 0 Å². The van der Waals surface area contributed by atoms with E-state index >= 15 is 0 Å². The van der Waals surface area contributed by atoms with Crippen LogP contribution >= 0.6 is 0 Å². The normalized spacial score (nSPS) is 25.2. The first-order valence-corrected chi connectivity index (χ1v) is 7.50. The molecule has 1 aliphatic carbocycles. The fourth-order valence-electron chi connectivity index (χ4n) is 3.68. The van der Waals surface area contributed by atoms with Gasteiger partial charge in [-0.1, -0.05) is 42.5 Å². The van der Waals surface area contributed by atoms with Crippen LogP contribution in [-0.2, 0) is 0 Å². The highest BCUT2D eigenvalue weighted by atomic mass is 16.6. The van der Waals surface area contributed by atoms with E-state index in [9.17, 15) is 10.1 Å². The number of anilines is 1. The van der Waals surface area contributed by atoms with Crippen LogP contribution < -0.4 is 5.32 Å². The smallest absolute Gasteiger partial charge is 0.269 e. The highest BCUT2D eigenvalue weighted by molar-refractivity contribution is 5.59. The van der Waals surface area contributed by atoms with Crippen LogP contribution in [0, 0.1) is 16.0 Å². The molecule has 4 nitrogen and oxygen atoms in total. The minimum Gasteiger partial charge on any atom is -0.378 e. The predicted molar refractivity (Wildman–Crippen MR) is 85.9 cm³/mol. The van der Waals surface area contributed by atoms with E-state index in [4.69, 9.17) is 0 Å². The van der Waals surface area contributed by atoms with Crippen LogP contribution in [0.4, 0.5) is 11.4 Å². The Balaban J connectivity index is 1.72. The summed E-state index contributed by atoms with van der Waals surface area (Å²) >= 11 is 0. The molecule has 22 heavy (non-hydrogen) atoms. The Morgan fingerprint density at radius 2 is 1.86 bits per heavy atom. The zero-order valence-electron chi connectivity index (χ0n) is 12.0. The molecule has 0 aromatic heterocycles. The first-order valence-electron chi connectivity index (χ1n) is 7.50. The van der Waals surface area contributed by atoms with Gasteiger partial charge >= 0.3 is 0 Å². The topological polar surface area (TPSA) is 55.2 Å². The number of nitrogens with zero attached hydrogens (tertiary/aromatic N) is 1. The molecule has 2 aromatic rings. The van der Waals surface area contributed by atoms with Crippen molar-refractivity contribution in [2.45, 2.75) is 18.4 Å². The van der Waals surface area contributed by atoms with Crippen molar-refractivity contribution in [3.05, 3.63) is 81.9 Å². The first kappa shape index (κ1) is 13.1. The summed E-state index contributed by atoms with van der Waals surface area (Å²) in [6, 6.07) is 15.5. The van der Waals surface area contributed by atoms with E-state index in [0.29, 0.717) is 11.8 Å². The SMILES string of the molecule is O=[N+]([O-])c1ccc(C2Nc3ccccc3C3C=CCC32)cc1. The van der Waals surface area contributed by atoms with Crippen molar-refractivity contribution in [2.24, 2.45) is 5.92 Å². The molecule has 0 spiro atoms. The van der Waals surface area contributed by atoms with Crippen molar-refractivity contribution >= 4 is 11.4 Å². The molecule has 2 aliphatic rings. The Hall–Kier alpha value is -2.62. The minimum atomic E-state index is -0.354. The molecule has 3 atom stereocenters. The lowest BCUT2D eigenvalue weighted by atomic mass is 9.77. The Kier molecular flexibility index (Phi) is 2.96. The Labute approximate surface area is 128 Å². The average Bonchev–Trinajstić information content (AvgIpc) is 3.04. The molecule has 0 amide bonds. The summed E-state index contributed by atoms with van der Waals surface area (Å²) in [7, 11) is 0. The molecule has 1 aliphatic heterocycles. The lowest BCUT2D eigenvalue weighted by Gasteiger charge is -2.37. The Morgan fingerprint density at radius 1 is 1.09 bits per heavy atom. The quantitative estimate of drug-likeness (QED) is 0.506. The van der Waals surface area contributed by atoms with Gasteiger partial charge in [-0.25, -0.2) is 0 Å². The standard InChI is InChI=1S/C18H16N2O2/c21-20(22)13-10-8-12(9-11-13)18-16-6-3-5-14(16)15-4-1-2-7-17(15)19-18/h1-5,7-11,14,16,18-19H,6H2. The highest BCUT2D eigenvalue weighted by Crippen LogP contribution is 2.49. The van der Waals surface area contributed by atoms with Crippen LogP contribution in [0.15, 0.2) is 60.7 Å². The maximum atomic E-state index is 10.8. The molecule has 4 heteroatoms. The molecule has 2 aromatic carbocycles. The van der Waals surface area contributed by atoms with E-state index in [0.717, 1.165) is 12.0 Å². The van der Waals surface area contributed by atoms with E-state index in [1.807, 2.05) is 18.2 Å². The molecule has 0 saturated carbocycles. The van der Waals surface area contributed by atoms with Crippen molar-refractivity contribution in [1.82, 2.24) is 0 Å². The van der Waals surface area contributed by atoms with Crippen LogP contribution in [0.5, 0.6) is 0 Å². The number of nitrogens with one attached hydrogen (secondary N) is 1. The zero-order chi connectivity index (χ0) is 15.1. The number of hydrogen-bond acceptors (Lipinski definition) is 3. The van der Waals surface area contributed by atoms with Gasteiger partial charge in [0.1, 0.15) is 0 Å². The summed E-state index contributed by atoms with van der Waals surface area (Å²) in [6.45, 7) is 0. The maximum Gasteiger partial charge on any atom is 0.269 e. The van der Waals surface area contributed by atoms with Crippen molar-refractivity contribution in [3.8, 4) is 0 Å². The molecule has 0 bridgehead atoms. The van der Waals surface area contributed by atoms with E-state index in [2.05, 4.69) is 35.7 Å². The summed E-state index contributed by atoms with van der Waals surface area (Å²) in [4.78, 5) is 10.5. The van der Waals surface area contributed by atoms with Crippen molar-refractivity contribution in [2.75, 3.05) is 5.32 Å². The van der Waals surface area contributed by atoms with Gasteiger partial charge in [-0.15, -0.1) is 0 Å². The summed E-state index contributed by atoms with van der Waals surface area (Å²) in [6.07, 6.45) is 5.58. The molecular weight excluding hydrogens is 276 g/mol. The molecule has 0 saturated heterocycles. The maximum absolute atomic E-state index is 10.8. The van der Waals surface area contributed by atoms with Gasteiger partial charge in [-0.3, -0.25) is 10.1 Å². The number of fused-ring (bicyclic) bond motifs is 3. The fraction of sp³-hybridized carbons (Fsp3) is 0.222. The molecular formula is C18H16N2O2. The molecule has 1 N–H and O–H groups in total. The molecule has 0 fully saturated rings. The number of benzene rings is 2. The second-order valence-electron chi connectivity index (χ2n) is 5.91. The van der Waals surface area contributed by atoms with Gasteiger partial charge in [0, 0.05) is 23.7 Å². The van der Waals surface area contributed by atoms with Gasteiger partial charge in [-0.2, -0.15) is 0 Å². The molecule has 3 unspecified atom stereocenters. The number of para-hydroxylation sites is 1. The number of rotatable bonds is 2. The van der Waals surface area contributed by atoms with Crippen molar-refractivity contribution in [1.29, 1.82) is 0 Å². The predicted octanol–water partition coefficient (Wildman–Crippen LogP) is 4.42.